The van der Waals surface area contributed by atoms with E-state index >= 15 is 0 Å². The Labute approximate surface area is 112 Å². The number of anilines is 1. The van der Waals surface area contributed by atoms with Gasteiger partial charge in [0.15, 0.2) is 0 Å². The number of hydrogen-bond acceptors (Lipinski definition) is 3. The first-order valence-electron chi connectivity index (χ1n) is 7.24. The third-order valence-electron chi connectivity index (χ3n) is 5.47. The standard InChI is InChI=1S/C15H18N2O2/c18-17(19)11-3-4-15-13(7-11)14(8-16-15)12-6-9-1-2-10(12)5-9/h3-4,7,9-10,12,14,16H,1-2,5-6,8H2. The van der Waals surface area contributed by atoms with E-state index in [0.717, 1.165) is 30.0 Å². The highest BCUT2D eigenvalue weighted by Crippen LogP contribution is 2.55. The van der Waals surface area contributed by atoms with Gasteiger partial charge in [0, 0.05) is 30.3 Å². The summed E-state index contributed by atoms with van der Waals surface area (Å²) in [6.45, 7) is 0.963. The average molecular weight is 258 g/mol. The fourth-order valence-corrected chi connectivity index (χ4v) is 4.63. The lowest BCUT2D eigenvalue weighted by Gasteiger charge is -2.27. The predicted octanol–water partition coefficient (Wildman–Crippen LogP) is 3.54. The van der Waals surface area contributed by atoms with E-state index in [2.05, 4.69) is 5.32 Å². The number of benzene rings is 1. The summed E-state index contributed by atoms with van der Waals surface area (Å²) in [7, 11) is 0. The van der Waals surface area contributed by atoms with Gasteiger partial charge < -0.3 is 5.32 Å². The number of nitrogens with one attached hydrogen (secondary N) is 1. The normalized spacial score (nSPS) is 35.2. The minimum absolute atomic E-state index is 0.232. The Bertz CT molecular complexity index is 543. The van der Waals surface area contributed by atoms with Gasteiger partial charge in [0.2, 0.25) is 0 Å². The molecule has 100 valence electrons. The van der Waals surface area contributed by atoms with E-state index in [1.807, 2.05) is 6.07 Å². The largest absolute Gasteiger partial charge is 0.384 e. The molecule has 4 atom stereocenters. The fourth-order valence-electron chi connectivity index (χ4n) is 4.63. The molecule has 4 heteroatoms. The van der Waals surface area contributed by atoms with Crippen LogP contribution in [0.2, 0.25) is 0 Å². The second kappa shape index (κ2) is 3.95. The minimum atomic E-state index is -0.281. The highest BCUT2D eigenvalue weighted by molar-refractivity contribution is 5.61. The van der Waals surface area contributed by atoms with Gasteiger partial charge in [-0.05, 0) is 48.6 Å². The molecule has 2 bridgehead atoms. The molecule has 0 spiro atoms. The summed E-state index contributed by atoms with van der Waals surface area (Å²) >= 11 is 0. The van der Waals surface area contributed by atoms with Gasteiger partial charge in [-0.1, -0.05) is 6.42 Å². The Morgan fingerprint density at radius 1 is 1.26 bits per heavy atom. The number of rotatable bonds is 2. The van der Waals surface area contributed by atoms with Gasteiger partial charge in [-0.3, -0.25) is 10.1 Å². The van der Waals surface area contributed by atoms with Crippen LogP contribution >= 0.6 is 0 Å². The Morgan fingerprint density at radius 3 is 2.84 bits per heavy atom. The summed E-state index contributed by atoms with van der Waals surface area (Å²) in [6, 6.07) is 5.28. The molecule has 0 radical (unpaired) electrons. The highest BCUT2D eigenvalue weighted by atomic mass is 16.6. The van der Waals surface area contributed by atoms with Crippen LogP contribution in [0.1, 0.15) is 37.2 Å². The monoisotopic (exact) mass is 258 g/mol. The first-order valence-corrected chi connectivity index (χ1v) is 7.24. The molecule has 1 aromatic carbocycles. The molecule has 1 N–H and O–H groups in total. The first-order chi connectivity index (χ1) is 9.22. The van der Waals surface area contributed by atoms with Crippen LogP contribution in [0.4, 0.5) is 11.4 Å². The molecule has 4 unspecified atom stereocenters. The highest BCUT2D eigenvalue weighted by Gasteiger charge is 2.45. The van der Waals surface area contributed by atoms with Crippen molar-refractivity contribution in [2.24, 2.45) is 17.8 Å². The second-order valence-corrected chi connectivity index (χ2v) is 6.35. The lowest BCUT2D eigenvalue weighted by atomic mass is 9.77. The van der Waals surface area contributed by atoms with Crippen LogP contribution < -0.4 is 5.32 Å². The predicted molar refractivity (Wildman–Crippen MR) is 73.3 cm³/mol. The van der Waals surface area contributed by atoms with E-state index in [9.17, 15) is 10.1 Å². The maximum Gasteiger partial charge on any atom is 0.269 e. The number of nitrogens with zero attached hydrogens (tertiary/aromatic N) is 1. The van der Waals surface area contributed by atoms with Crippen LogP contribution in [0.3, 0.4) is 0 Å². The molecule has 0 aromatic heterocycles. The fraction of sp³-hybridized carbons (Fsp3) is 0.600. The van der Waals surface area contributed by atoms with Crippen molar-refractivity contribution >= 4 is 11.4 Å². The van der Waals surface area contributed by atoms with Crippen LogP contribution in [0.15, 0.2) is 18.2 Å². The van der Waals surface area contributed by atoms with E-state index in [-0.39, 0.29) is 10.6 Å². The quantitative estimate of drug-likeness (QED) is 0.652. The number of hydrogen-bond donors (Lipinski definition) is 1. The van der Waals surface area contributed by atoms with Gasteiger partial charge in [-0.15, -0.1) is 0 Å². The van der Waals surface area contributed by atoms with Crippen LogP contribution in [0.25, 0.3) is 0 Å². The van der Waals surface area contributed by atoms with E-state index < -0.39 is 0 Å². The summed E-state index contributed by atoms with van der Waals surface area (Å²) in [5.41, 5.74) is 2.53. The van der Waals surface area contributed by atoms with E-state index in [0.29, 0.717) is 5.92 Å². The number of nitro groups is 1. The molecule has 0 amide bonds. The van der Waals surface area contributed by atoms with Gasteiger partial charge in [-0.25, -0.2) is 0 Å². The molecule has 1 heterocycles. The smallest absolute Gasteiger partial charge is 0.269 e. The molecule has 2 fully saturated rings. The van der Waals surface area contributed by atoms with E-state index in [1.165, 1.54) is 31.2 Å². The van der Waals surface area contributed by atoms with E-state index in [1.54, 1.807) is 12.1 Å². The zero-order valence-electron chi connectivity index (χ0n) is 10.8. The summed E-state index contributed by atoms with van der Waals surface area (Å²) < 4.78 is 0. The Balaban J connectivity index is 1.67. The Hall–Kier alpha value is -1.58. The van der Waals surface area contributed by atoms with Crippen LogP contribution in [0, 0.1) is 27.9 Å². The minimum Gasteiger partial charge on any atom is -0.384 e. The zero-order chi connectivity index (χ0) is 13.0. The number of non-ortho nitro benzene ring substituents is 1. The van der Waals surface area contributed by atoms with Gasteiger partial charge in [0.1, 0.15) is 0 Å². The average Bonchev–Trinajstić information content (AvgIpc) is 3.11. The molecule has 1 aromatic rings. The lowest BCUT2D eigenvalue weighted by molar-refractivity contribution is -0.384. The topological polar surface area (TPSA) is 55.2 Å². The molecule has 0 saturated heterocycles. The third kappa shape index (κ3) is 1.66. The van der Waals surface area contributed by atoms with Crippen LogP contribution in [0.5, 0.6) is 0 Å². The van der Waals surface area contributed by atoms with Crippen molar-refractivity contribution in [1.82, 2.24) is 0 Å². The van der Waals surface area contributed by atoms with Crippen molar-refractivity contribution in [2.75, 3.05) is 11.9 Å². The van der Waals surface area contributed by atoms with Crippen LogP contribution in [-0.2, 0) is 0 Å². The molecular formula is C15H18N2O2. The maximum atomic E-state index is 10.9. The van der Waals surface area contributed by atoms with Gasteiger partial charge in [-0.2, -0.15) is 0 Å². The molecule has 1 aliphatic heterocycles. The maximum absolute atomic E-state index is 10.9. The van der Waals surface area contributed by atoms with Crippen molar-refractivity contribution in [3.8, 4) is 0 Å². The molecule has 3 aliphatic rings. The summed E-state index contributed by atoms with van der Waals surface area (Å²) in [5.74, 6) is 3.03. The summed E-state index contributed by atoms with van der Waals surface area (Å²) in [4.78, 5) is 10.7. The molecule has 4 nitrogen and oxygen atoms in total. The van der Waals surface area contributed by atoms with Crippen molar-refractivity contribution < 1.29 is 4.92 Å². The first kappa shape index (κ1) is 11.3. The summed E-state index contributed by atoms with van der Waals surface area (Å²) in [5, 5.41) is 14.4. The van der Waals surface area contributed by atoms with Crippen molar-refractivity contribution in [1.29, 1.82) is 0 Å². The molecule has 4 rings (SSSR count). The Kier molecular flexibility index (Phi) is 2.34. The van der Waals surface area contributed by atoms with Crippen molar-refractivity contribution in [3.63, 3.8) is 0 Å². The van der Waals surface area contributed by atoms with Gasteiger partial charge in [0.25, 0.3) is 5.69 Å². The lowest BCUT2D eigenvalue weighted by Crippen LogP contribution is -2.20. The van der Waals surface area contributed by atoms with Gasteiger partial charge >= 0.3 is 0 Å². The molecular weight excluding hydrogens is 240 g/mol. The molecule has 2 saturated carbocycles. The Morgan fingerprint density at radius 2 is 2.16 bits per heavy atom. The molecule has 19 heavy (non-hydrogen) atoms. The van der Waals surface area contributed by atoms with Gasteiger partial charge in [0.05, 0.1) is 4.92 Å². The van der Waals surface area contributed by atoms with E-state index in [4.69, 9.17) is 0 Å². The summed E-state index contributed by atoms with van der Waals surface area (Å²) in [6.07, 6.45) is 5.50. The zero-order valence-corrected chi connectivity index (χ0v) is 10.8. The van der Waals surface area contributed by atoms with Crippen molar-refractivity contribution in [3.05, 3.63) is 33.9 Å². The molecule has 2 aliphatic carbocycles. The van der Waals surface area contributed by atoms with Crippen molar-refractivity contribution in [2.45, 2.75) is 31.6 Å². The second-order valence-electron chi connectivity index (χ2n) is 6.35. The van der Waals surface area contributed by atoms with Crippen LogP contribution in [-0.4, -0.2) is 11.5 Å². The SMILES string of the molecule is O=[N+]([O-])c1ccc2c(c1)C(C1CC3CCC1C3)CN2. The third-order valence-corrected chi connectivity index (χ3v) is 5.47. The number of fused-ring (bicyclic) bond motifs is 3. The number of nitro benzene ring substituents is 1.